The molecule has 2 rings (SSSR count). The summed E-state index contributed by atoms with van der Waals surface area (Å²) in [4.78, 5) is 0. The molecule has 2 atom stereocenters. The molecule has 26 heavy (non-hydrogen) atoms. The molecular weight excluding hydrogens is 332 g/mol. The average molecular weight is 360 g/mol. The molecule has 2 unspecified atom stereocenters. The largest absolute Gasteiger partial charge is 0.504 e. The highest BCUT2D eigenvalue weighted by atomic mass is 16.5. The van der Waals surface area contributed by atoms with Crippen molar-refractivity contribution < 1.29 is 24.4 Å². The molecule has 2 N–H and O–H groups in total. The first-order valence-corrected chi connectivity index (χ1v) is 8.69. The van der Waals surface area contributed by atoms with Gasteiger partial charge < -0.3 is 24.4 Å². The van der Waals surface area contributed by atoms with Crippen molar-refractivity contribution in [1.82, 2.24) is 0 Å². The van der Waals surface area contributed by atoms with Crippen LogP contribution in [0.1, 0.15) is 25.0 Å². The van der Waals surface area contributed by atoms with Crippen molar-refractivity contribution in [1.29, 1.82) is 0 Å². The standard InChI is InChI=1S/C21H28O5/c1-13(8-15-6-7-19(24-3)20(12-15)25-4)14(2)9-16-10-17(22)21(26-5)18(23)11-16/h6-7,10-14,22-23H,8-9H2,1-5H3. The lowest BCUT2D eigenvalue weighted by atomic mass is 9.85. The van der Waals surface area contributed by atoms with Gasteiger partial charge in [-0.1, -0.05) is 19.9 Å². The summed E-state index contributed by atoms with van der Waals surface area (Å²) < 4.78 is 15.6. The fourth-order valence-electron chi connectivity index (χ4n) is 3.14. The summed E-state index contributed by atoms with van der Waals surface area (Å²) in [5.41, 5.74) is 2.06. The van der Waals surface area contributed by atoms with Crippen molar-refractivity contribution in [3.8, 4) is 28.7 Å². The Hall–Kier alpha value is -2.56. The van der Waals surface area contributed by atoms with E-state index in [0.29, 0.717) is 11.8 Å². The number of methoxy groups -OCH3 is 3. The molecule has 0 spiro atoms. The maximum Gasteiger partial charge on any atom is 0.202 e. The van der Waals surface area contributed by atoms with Crippen LogP contribution in [-0.2, 0) is 12.8 Å². The minimum Gasteiger partial charge on any atom is -0.504 e. The summed E-state index contributed by atoms with van der Waals surface area (Å²) in [7, 11) is 4.68. The molecular formula is C21H28O5. The molecule has 0 radical (unpaired) electrons. The number of benzene rings is 2. The average Bonchev–Trinajstić information content (AvgIpc) is 2.61. The Morgan fingerprint density at radius 3 is 1.77 bits per heavy atom. The van der Waals surface area contributed by atoms with E-state index in [2.05, 4.69) is 19.9 Å². The molecule has 0 amide bonds. The molecule has 5 nitrogen and oxygen atoms in total. The third-order valence-corrected chi connectivity index (χ3v) is 4.85. The van der Waals surface area contributed by atoms with Gasteiger partial charge in [0.15, 0.2) is 23.0 Å². The molecule has 0 heterocycles. The predicted molar refractivity (Wildman–Crippen MR) is 102 cm³/mol. The van der Waals surface area contributed by atoms with Gasteiger partial charge in [-0.05, 0) is 60.1 Å². The van der Waals surface area contributed by atoms with Gasteiger partial charge in [-0.15, -0.1) is 0 Å². The van der Waals surface area contributed by atoms with E-state index in [0.717, 1.165) is 29.9 Å². The summed E-state index contributed by atoms with van der Waals surface area (Å²) in [5.74, 6) is 2.25. The van der Waals surface area contributed by atoms with Crippen molar-refractivity contribution in [2.75, 3.05) is 21.3 Å². The van der Waals surface area contributed by atoms with Crippen molar-refractivity contribution in [2.24, 2.45) is 11.8 Å². The van der Waals surface area contributed by atoms with E-state index in [-0.39, 0.29) is 17.2 Å². The monoisotopic (exact) mass is 360 g/mol. The number of aromatic hydroxyl groups is 2. The molecule has 2 aromatic rings. The highest BCUT2D eigenvalue weighted by molar-refractivity contribution is 5.52. The van der Waals surface area contributed by atoms with Gasteiger partial charge >= 0.3 is 0 Å². The van der Waals surface area contributed by atoms with Gasteiger partial charge in [-0.25, -0.2) is 0 Å². The normalized spacial score (nSPS) is 13.1. The van der Waals surface area contributed by atoms with Gasteiger partial charge in [0, 0.05) is 0 Å². The van der Waals surface area contributed by atoms with Gasteiger partial charge in [0.25, 0.3) is 0 Å². The van der Waals surface area contributed by atoms with Crippen LogP contribution in [0, 0.1) is 11.8 Å². The summed E-state index contributed by atoms with van der Waals surface area (Å²) in [6.45, 7) is 4.37. The van der Waals surface area contributed by atoms with Crippen LogP contribution in [0.2, 0.25) is 0 Å². The maximum atomic E-state index is 9.96. The van der Waals surface area contributed by atoms with Crippen LogP contribution in [-0.4, -0.2) is 31.5 Å². The van der Waals surface area contributed by atoms with Gasteiger partial charge in [0.05, 0.1) is 21.3 Å². The minimum atomic E-state index is -0.0396. The van der Waals surface area contributed by atoms with Crippen LogP contribution in [0.5, 0.6) is 28.7 Å². The molecule has 0 aliphatic heterocycles. The molecule has 2 aromatic carbocycles. The maximum absolute atomic E-state index is 9.96. The molecule has 0 saturated carbocycles. The lowest BCUT2D eigenvalue weighted by Gasteiger charge is -2.21. The van der Waals surface area contributed by atoms with Crippen molar-refractivity contribution in [2.45, 2.75) is 26.7 Å². The van der Waals surface area contributed by atoms with Crippen LogP contribution < -0.4 is 14.2 Å². The summed E-state index contributed by atoms with van der Waals surface area (Å²) in [5, 5.41) is 19.9. The molecule has 0 aliphatic rings. The zero-order valence-corrected chi connectivity index (χ0v) is 16.1. The number of ether oxygens (including phenoxy) is 3. The zero-order chi connectivity index (χ0) is 19.3. The zero-order valence-electron chi connectivity index (χ0n) is 16.1. The second kappa shape index (κ2) is 8.70. The van der Waals surface area contributed by atoms with E-state index < -0.39 is 0 Å². The van der Waals surface area contributed by atoms with Crippen LogP contribution >= 0.6 is 0 Å². The first-order valence-electron chi connectivity index (χ1n) is 8.69. The Kier molecular flexibility index (Phi) is 6.61. The number of hydrogen-bond donors (Lipinski definition) is 2. The van der Waals surface area contributed by atoms with Crippen LogP contribution in [0.15, 0.2) is 30.3 Å². The first-order chi connectivity index (χ1) is 12.4. The minimum absolute atomic E-state index is 0.0396. The number of rotatable bonds is 8. The number of phenolic OH excluding ortho intramolecular Hbond substituents is 2. The highest BCUT2D eigenvalue weighted by Gasteiger charge is 2.17. The summed E-state index contributed by atoms with van der Waals surface area (Å²) in [6.07, 6.45) is 1.65. The molecule has 5 heteroatoms. The molecule has 0 bridgehead atoms. The van der Waals surface area contributed by atoms with E-state index in [1.54, 1.807) is 26.4 Å². The highest BCUT2D eigenvalue weighted by Crippen LogP contribution is 2.37. The second-order valence-corrected chi connectivity index (χ2v) is 6.72. The smallest absolute Gasteiger partial charge is 0.202 e. The van der Waals surface area contributed by atoms with Gasteiger partial charge in [0.1, 0.15) is 0 Å². The fraction of sp³-hybridized carbons (Fsp3) is 0.429. The topological polar surface area (TPSA) is 68.2 Å². The number of hydrogen-bond acceptors (Lipinski definition) is 5. The van der Waals surface area contributed by atoms with Gasteiger partial charge in [0.2, 0.25) is 5.75 Å². The molecule has 0 aromatic heterocycles. The lowest BCUT2D eigenvalue weighted by Crippen LogP contribution is -2.14. The van der Waals surface area contributed by atoms with Crippen LogP contribution in [0.3, 0.4) is 0 Å². The van der Waals surface area contributed by atoms with Gasteiger partial charge in [-0.2, -0.15) is 0 Å². The third-order valence-electron chi connectivity index (χ3n) is 4.85. The quantitative estimate of drug-likeness (QED) is 0.739. The molecule has 0 fully saturated rings. The Labute approximate surface area is 155 Å². The van der Waals surface area contributed by atoms with E-state index >= 15 is 0 Å². The predicted octanol–water partition coefficient (Wildman–Crippen LogP) is 4.18. The third kappa shape index (κ3) is 4.54. The summed E-state index contributed by atoms with van der Waals surface area (Å²) >= 11 is 0. The SMILES string of the molecule is COc1ccc(CC(C)C(C)Cc2cc(O)c(OC)c(O)c2)cc1OC. The van der Waals surface area contributed by atoms with Crippen molar-refractivity contribution in [3.63, 3.8) is 0 Å². The van der Waals surface area contributed by atoms with E-state index in [4.69, 9.17) is 14.2 Å². The van der Waals surface area contributed by atoms with Gasteiger partial charge in [-0.3, -0.25) is 0 Å². The summed E-state index contributed by atoms with van der Waals surface area (Å²) in [6, 6.07) is 9.28. The van der Waals surface area contributed by atoms with Crippen molar-refractivity contribution in [3.05, 3.63) is 41.5 Å². The Bertz CT molecular complexity index is 718. The first kappa shape index (κ1) is 19.8. The molecule has 142 valence electrons. The molecule has 0 aliphatic carbocycles. The number of phenols is 2. The second-order valence-electron chi connectivity index (χ2n) is 6.72. The van der Waals surface area contributed by atoms with E-state index in [9.17, 15) is 10.2 Å². The van der Waals surface area contributed by atoms with Crippen LogP contribution in [0.4, 0.5) is 0 Å². The lowest BCUT2D eigenvalue weighted by molar-refractivity contribution is 0.341. The van der Waals surface area contributed by atoms with Crippen LogP contribution in [0.25, 0.3) is 0 Å². The van der Waals surface area contributed by atoms with E-state index in [1.807, 2.05) is 12.1 Å². The Morgan fingerprint density at radius 1 is 0.731 bits per heavy atom. The van der Waals surface area contributed by atoms with E-state index in [1.165, 1.54) is 12.7 Å². The Balaban J connectivity index is 2.07. The van der Waals surface area contributed by atoms with Crippen molar-refractivity contribution >= 4 is 0 Å². The molecule has 0 saturated heterocycles. The Morgan fingerprint density at radius 2 is 1.27 bits per heavy atom. The fourth-order valence-corrected chi connectivity index (χ4v) is 3.14.